The molecule has 0 saturated carbocycles. The van der Waals surface area contributed by atoms with E-state index >= 15 is 0 Å². The Bertz CT molecular complexity index is 2060. The van der Waals surface area contributed by atoms with Crippen LogP contribution in [-0.4, -0.2) is 29.9 Å². The first kappa shape index (κ1) is 32.8. The number of benzene rings is 6. The second kappa shape index (κ2) is 15.7. The van der Waals surface area contributed by atoms with Gasteiger partial charge in [-0.05, 0) is 12.1 Å². The zero-order valence-electron chi connectivity index (χ0n) is 26.6. The van der Waals surface area contributed by atoms with Gasteiger partial charge in [-0.25, -0.2) is 29.9 Å². The maximum absolute atomic E-state index is 4.71. The summed E-state index contributed by atoms with van der Waals surface area (Å²) in [6.45, 7) is 0. The Labute approximate surface area is 307 Å². The average Bonchev–Trinajstić information content (AvgIpc) is 3.19. The Balaban J connectivity index is 0.000000157. The summed E-state index contributed by atoms with van der Waals surface area (Å²) in [6, 6.07) is 55.8. The molecule has 0 radical (unpaired) electrons. The van der Waals surface area contributed by atoms with Crippen molar-refractivity contribution in [2.24, 2.45) is 0 Å². The number of nitrogens with zero attached hydrogens (tertiary/aromatic N) is 6. The molecular formula is C42H28Br2N6. The Kier molecular flexibility index (Phi) is 10.3. The van der Waals surface area contributed by atoms with Crippen LogP contribution in [0.4, 0.5) is 0 Å². The molecule has 0 unspecified atom stereocenters. The fourth-order valence-electron chi connectivity index (χ4n) is 5.14. The summed E-state index contributed by atoms with van der Waals surface area (Å²) in [5, 5.41) is 0. The van der Waals surface area contributed by atoms with Gasteiger partial charge in [-0.3, -0.25) is 0 Å². The fraction of sp³-hybridized carbons (Fsp3) is 0. The molecule has 6 aromatic carbocycles. The molecule has 0 bridgehead atoms. The van der Waals surface area contributed by atoms with Gasteiger partial charge in [-0.15, -0.1) is 0 Å². The molecule has 6 nitrogen and oxygen atoms in total. The molecule has 240 valence electrons. The van der Waals surface area contributed by atoms with Crippen LogP contribution in [-0.2, 0) is 0 Å². The lowest BCUT2D eigenvalue weighted by Crippen LogP contribution is -2.00. The van der Waals surface area contributed by atoms with E-state index in [-0.39, 0.29) is 0 Å². The molecule has 0 aliphatic carbocycles. The van der Waals surface area contributed by atoms with E-state index in [1.165, 1.54) is 0 Å². The van der Waals surface area contributed by atoms with Crippen molar-refractivity contribution in [1.82, 2.24) is 29.9 Å². The normalized spacial score (nSPS) is 10.6. The van der Waals surface area contributed by atoms with Crippen molar-refractivity contribution in [3.63, 3.8) is 0 Å². The van der Waals surface area contributed by atoms with E-state index in [9.17, 15) is 0 Å². The van der Waals surface area contributed by atoms with E-state index in [0.29, 0.717) is 34.9 Å². The van der Waals surface area contributed by atoms with Crippen molar-refractivity contribution < 1.29 is 0 Å². The molecule has 0 aliphatic rings. The number of halogens is 2. The summed E-state index contributed by atoms with van der Waals surface area (Å²) in [6.07, 6.45) is 0. The molecule has 8 heteroatoms. The van der Waals surface area contributed by atoms with Crippen LogP contribution in [0.1, 0.15) is 0 Å². The van der Waals surface area contributed by atoms with Gasteiger partial charge in [-0.2, -0.15) is 0 Å². The topological polar surface area (TPSA) is 77.3 Å². The molecular weight excluding hydrogens is 748 g/mol. The predicted octanol–water partition coefficient (Wildman–Crippen LogP) is 11.3. The summed E-state index contributed by atoms with van der Waals surface area (Å²) < 4.78 is 1.92. The van der Waals surface area contributed by atoms with Gasteiger partial charge in [-0.1, -0.05) is 190 Å². The van der Waals surface area contributed by atoms with E-state index < -0.39 is 0 Å². The van der Waals surface area contributed by atoms with Gasteiger partial charge in [0.05, 0.1) is 0 Å². The van der Waals surface area contributed by atoms with Crippen LogP contribution in [0.25, 0.3) is 68.3 Å². The van der Waals surface area contributed by atoms with Crippen LogP contribution < -0.4 is 0 Å². The van der Waals surface area contributed by atoms with Crippen molar-refractivity contribution >= 4 is 31.9 Å². The molecule has 8 rings (SSSR count). The second-order valence-electron chi connectivity index (χ2n) is 11.0. The standard InChI is InChI=1S/2C21H14BrN3/c2*22-18-14-8-7-13-17(18)21-24-19(15-9-3-1-4-10-15)23-20(25-21)16-11-5-2-6-12-16/h2*1-14H. The third kappa shape index (κ3) is 7.78. The lowest BCUT2D eigenvalue weighted by atomic mass is 10.1. The van der Waals surface area contributed by atoms with Crippen LogP contribution in [0.5, 0.6) is 0 Å². The van der Waals surface area contributed by atoms with E-state index in [2.05, 4.69) is 31.9 Å². The van der Waals surface area contributed by atoms with Gasteiger partial charge in [0, 0.05) is 42.3 Å². The highest BCUT2D eigenvalue weighted by molar-refractivity contribution is 9.11. The van der Waals surface area contributed by atoms with Crippen LogP contribution in [0, 0.1) is 0 Å². The maximum atomic E-state index is 4.71. The largest absolute Gasteiger partial charge is 0.208 e. The van der Waals surface area contributed by atoms with Gasteiger partial charge in [0.2, 0.25) is 0 Å². The Hall–Kier alpha value is -5.70. The minimum Gasteiger partial charge on any atom is -0.208 e. The van der Waals surface area contributed by atoms with Gasteiger partial charge < -0.3 is 0 Å². The summed E-state index contributed by atoms with van der Waals surface area (Å²) in [7, 11) is 0. The first-order chi connectivity index (χ1) is 24.6. The summed E-state index contributed by atoms with van der Waals surface area (Å²) in [4.78, 5) is 28.2. The third-order valence-electron chi connectivity index (χ3n) is 7.63. The molecule has 0 atom stereocenters. The molecule has 0 N–H and O–H groups in total. The maximum Gasteiger partial charge on any atom is 0.165 e. The van der Waals surface area contributed by atoms with Crippen LogP contribution >= 0.6 is 31.9 Å². The van der Waals surface area contributed by atoms with Gasteiger partial charge in [0.1, 0.15) is 0 Å². The van der Waals surface area contributed by atoms with Crippen molar-refractivity contribution in [2.45, 2.75) is 0 Å². The smallest absolute Gasteiger partial charge is 0.165 e. The molecule has 50 heavy (non-hydrogen) atoms. The van der Waals surface area contributed by atoms with E-state index in [1.54, 1.807) is 0 Å². The van der Waals surface area contributed by atoms with E-state index in [1.807, 2.05) is 170 Å². The predicted molar refractivity (Wildman–Crippen MR) is 208 cm³/mol. The molecule has 2 aromatic heterocycles. The Morgan fingerprint density at radius 3 is 0.720 bits per heavy atom. The van der Waals surface area contributed by atoms with Gasteiger partial charge in [0.15, 0.2) is 34.9 Å². The minimum absolute atomic E-state index is 0.653. The molecule has 0 amide bonds. The molecule has 0 saturated heterocycles. The highest BCUT2D eigenvalue weighted by Gasteiger charge is 2.15. The SMILES string of the molecule is Brc1ccccc1-c1nc(-c2ccccc2)nc(-c2ccccc2)n1.Brc1ccccc1-c1nc(-c2ccccc2)nc(-c2ccccc2)n1. The van der Waals surface area contributed by atoms with Crippen molar-refractivity contribution in [3.05, 3.63) is 179 Å². The number of aromatic nitrogens is 6. The van der Waals surface area contributed by atoms with Crippen molar-refractivity contribution in [2.75, 3.05) is 0 Å². The highest BCUT2D eigenvalue weighted by Crippen LogP contribution is 2.30. The first-order valence-corrected chi connectivity index (χ1v) is 17.4. The van der Waals surface area contributed by atoms with Gasteiger partial charge >= 0.3 is 0 Å². The lowest BCUT2D eigenvalue weighted by Gasteiger charge is -2.09. The van der Waals surface area contributed by atoms with E-state index in [4.69, 9.17) is 29.9 Å². The summed E-state index contributed by atoms with van der Waals surface area (Å²) >= 11 is 7.19. The Morgan fingerprint density at radius 1 is 0.240 bits per heavy atom. The fourth-order valence-corrected chi connectivity index (χ4v) is 6.07. The number of hydrogen-bond acceptors (Lipinski definition) is 6. The average molecular weight is 777 g/mol. The monoisotopic (exact) mass is 774 g/mol. The molecule has 2 heterocycles. The summed E-state index contributed by atoms with van der Waals surface area (Å²) in [5.74, 6) is 3.97. The van der Waals surface area contributed by atoms with Crippen molar-refractivity contribution in [1.29, 1.82) is 0 Å². The number of rotatable bonds is 6. The lowest BCUT2D eigenvalue weighted by molar-refractivity contribution is 1.07. The third-order valence-corrected chi connectivity index (χ3v) is 9.01. The molecule has 0 fully saturated rings. The van der Waals surface area contributed by atoms with E-state index in [0.717, 1.165) is 42.3 Å². The van der Waals surface area contributed by atoms with Gasteiger partial charge in [0.25, 0.3) is 0 Å². The zero-order valence-corrected chi connectivity index (χ0v) is 29.8. The van der Waals surface area contributed by atoms with Crippen molar-refractivity contribution in [3.8, 4) is 68.3 Å². The van der Waals surface area contributed by atoms with Crippen LogP contribution in [0.3, 0.4) is 0 Å². The van der Waals surface area contributed by atoms with Crippen LogP contribution in [0.2, 0.25) is 0 Å². The Morgan fingerprint density at radius 2 is 0.460 bits per heavy atom. The zero-order chi connectivity index (χ0) is 34.1. The van der Waals surface area contributed by atoms with Crippen LogP contribution in [0.15, 0.2) is 179 Å². The minimum atomic E-state index is 0.653. The number of hydrogen-bond donors (Lipinski definition) is 0. The molecule has 0 spiro atoms. The highest BCUT2D eigenvalue weighted by atomic mass is 79.9. The first-order valence-electron chi connectivity index (χ1n) is 15.9. The molecule has 8 aromatic rings. The summed E-state index contributed by atoms with van der Waals surface area (Å²) in [5.41, 5.74) is 5.76. The molecule has 0 aliphatic heterocycles. The quantitative estimate of drug-likeness (QED) is 0.167. The second-order valence-corrected chi connectivity index (χ2v) is 12.7.